The summed E-state index contributed by atoms with van der Waals surface area (Å²) in [4.78, 5) is 29.8. The molecular weight excluding hydrogens is 511 g/mol. The van der Waals surface area contributed by atoms with Crippen LogP contribution in [-0.2, 0) is 11.3 Å². The van der Waals surface area contributed by atoms with Gasteiger partial charge in [0.1, 0.15) is 11.6 Å². The number of carbonyl (C=O) groups is 2. The highest BCUT2D eigenvalue weighted by molar-refractivity contribution is 6.04. The molecule has 1 N–H and O–H groups in total. The Kier molecular flexibility index (Phi) is 7.68. The minimum Gasteiger partial charge on any atom is -0.497 e. The Balaban J connectivity index is 1.61. The van der Waals surface area contributed by atoms with Crippen molar-refractivity contribution in [3.8, 4) is 17.2 Å². The Labute approximate surface area is 232 Å². The van der Waals surface area contributed by atoms with Crippen LogP contribution in [0.15, 0.2) is 91.0 Å². The van der Waals surface area contributed by atoms with Crippen LogP contribution in [0, 0.1) is 5.82 Å². The topological polar surface area (TPSA) is 77.1 Å². The summed E-state index contributed by atoms with van der Waals surface area (Å²) in [5, 5.41) is 3.02. The Bertz CT molecular complexity index is 1520. The summed E-state index contributed by atoms with van der Waals surface area (Å²) in [6.45, 7) is 0.185. The first-order chi connectivity index (χ1) is 19.4. The van der Waals surface area contributed by atoms with Gasteiger partial charge in [0.25, 0.3) is 5.91 Å². The lowest BCUT2D eigenvalue weighted by Crippen LogP contribution is -2.45. The zero-order valence-electron chi connectivity index (χ0n) is 22.4. The molecule has 0 fully saturated rings. The summed E-state index contributed by atoms with van der Waals surface area (Å²) >= 11 is 0. The molecule has 7 nitrogen and oxygen atoms in total. The lowest BCUT2D eigenvalue weighted by atomic mass is 9.79. The number of methoxy groups -OCH3 is 3. The van der Waals surface area contributed by atoms with E-state index in [1.54, 1.807) is 73.7 Å². The second kappa shape index (κ2) is 11.5. The normalized spacial score (nSPS) is 16.2. The molecule has 0 aliphatic carbocycles. The van der Waals surface area contributed by atoms with Crippen molar-refractivity contribution in [1.82, 2.24) is 4.90 Å². The highest BCUT2D eigenvalue weighted by Crippen LogP contribution is 2.44. The van der Waals surface area contributed by atoms with Crippen LogP contribution in [0.4, 0.5) is 10.1 Å². The maximum absolute atomic E-state index is 14.1. The van der Waals surface area contributed by atoms with Gasteiger partial charge in [-0.25, -0.2) is 4.39 Å². The number of hydrogen-bond donors (Lipinski definition) is 1. The van der Waals surface area contributed by atoms with Crippen molar-refractivity contribution in [3.05, 3.63) is 119 Å². The van der Waals surface area contributed by atoms with E-state index in [1.807, 2.05) is 24.3 Å². The zero-order chi connectivity index (χ0) is 28.2. The average molecular weight is 541 g/mol. The maximum atomic E-state index is 14.1. The minimum atomic E-state index is -0.754. The van der Waals surface area contributed by atoms with Gasteiger partial charge in [-0.2, -0.15) is 0 Å². The summed E-state index contributed by atoms with van der Waals surface area (Å²) in [6.07, 6.45) is 0. The number of anilines is 1. The van der Waals surface area contributed by atoms with Crippen molar-refractivity contribution in [3.63, 3.8) is 0 Å². The molecule has 40 heavy (non-hydrogen) atoms. The highest BCUT2D eigenvalue weighted by atomic mass is 19.1. The van der Waals surface area contributed by atoms with Gasteiger partial charge in [-0.15, -0.1) is 0 Å². The van der Waals surface area contributed by atoms with Crippen molar-refractivity contribution >= 4 is 17.5 Å². The molecule has 0 saturated heterocycles. The predicted octanol–water partition coefficient (Wildman–Crippen LogP) is 5.97. The lowest BCUT2D eigenvalue weighted by molar-refractivity contribution is -0.119. The summed E-state index contributed by atoms with van der Waals surface area (Å²) in [5.41, 5.74) is 3.10. The molecule has 1 aliphatic heterocycles. The third kappa shape index (κ3) is 5.20. The second-order valence-corrected chi connectivity index (χ2v) is 9.40. The third-order valence-electron chi connectivity index (χ3n) is 7.10. The molecule has 2 atom stereocenters. The Morgan fingerprint density at radius 1 is 0.850 bits per heavy atom. The number of hydrogen-bond acceptors (Lipinski definition) is 5. The van der Waals surface area contributed by atoms with E-state index >= 15 is 0 Å². The molecule has 8 heteroatoms. The second-order valence-electron chi connectivity index (χ2n) is 9.40. The maximum Gasteiger partial charge on any atom is 0.255 e. The number of halogens is 1. The number of benzene rings is 4. The van der Waals surface area contributed by atoms with Gasteiger partial charge in [-0.05, 0) is 59.2 Å². The van der Waals surface area contributed by atoms with Crippen LogP contribution in [0.1, 0.15) is 39.0 Å². The van der Waals surface area contributed by atoms with Crippen LogP contribution in [0.2, 0.25) is 0 Å². The smallest absolute Gasteiger partial charge is 0.255 e. The predicted molar refractivity (Wildman–Crippen MR) is 149 cm³/mol. The molecule has 0 radical (unpaired) electrons. The van der Waals surface area contributed by atoms with E-state index in [0.29, 0.717) is 34.1 Å². The van der Waals surface area contributed by atoms with E-state index in [0.717, 1.165) is 11.1 Å². The van der Waals surface area contributed by atoms with Crippen molar-refractivity contribution < 1.29 is 28.2 Å². The van der Waals surface area contributed by atoms with Gasteiger partial charge < -0.3 is 24.4 Å². The number of amides is 2. The SMILES string of the molecule is COc1ccc([C@H]2[C@H](C(=O)Nc3ccc(OC)c(OC)c3)c3ccccc3C(=O)N2Cc2ccc(F)cc2)cc1. The average Bonchev–Trinajstić information content (AvgIpc) is 2.99. The summed E-state index contributed by atoms with van der Waals surface area (Å²) < 4.78 is 29.7. The Morgan fingerprint density at radius 2 is 1.55 bits per heavy atom. The number of rotatable bonds is 8. The monoisotopic (exact) mass is 540 g/mol. The van der Waals surface area contributed by atoms with Crippen molar-refractivity contribution in [2.45, 2.75) is 18.5 Å². The van der Waals surface area contributed by atoms with Gasteiger partial charge in [0.15, 0.2) is 11.5 Å². The largest absolute Gasteiger partial charge is 0.497 e. The van der Waals surface area contributed by atoms with Gasteiger partial charge in [-0.3, -0.25) is 9.59 Å². The summed E-state index contributed by atoms with van der Waals surface area (Å²) in [5.74, 6) is 0.0457. The number of carbonyl (C=O) groups excluding carboxylic acids is 2. The van der Waals surface area contributed by atoms with Crippen LogP contribution in [0.5, 0.6) is 17.2 Å². The van der Waals surface area contributed by atoms with E-state index < -0.39 is 12.0 Å². The molecule has 0 bridgehead atoms. The van der Waals surface area contributed by atoms with Gasteiger partial charge in [0.2, 0.25) is 5.91 Å². The van der Waals surface area contributed by atoms with Crippen LogP contribution in [0.3, 0.4) is 0 Å². The molecule has 4 aromatic rings. The van der Waals surface area contributed by atoms with Crippen LogP contribution in [0.25, 0.3) is 0 Å². The van der Waals surface area contributed by atoms with Gasteiger partial charge in [-0.1, -0.05) is 42.5 Å². The molecule has 1 aliphatic rings. The van der Waals surface area contributed by atoms with Crippen molar-refractivity contribution in [1.29, 1.82) is 0 Å². The molecular formula is C32H29FN2O5. The van der Waals surface area contributed by atoms with Gasteiger partial charge in [0.05, 0.1) is 33.3 Å². The third-order valence-corrected chi connectivity index (χ3v) is 7.10. The van der Waals surface area contributed by atoms with Crippen molar-refractivity contribution in [2.75, 3.05) is 26.6 Å². The molecule has 2 amide bonds. The van der Waals surface area contributed by atoms with Crippen molar-refractivity contribution in [2.24, 2.45) is 0 Å². The van der Waals surface area contributed by atoms with Crippen LogP contribution in [-0.4, -0.2) is 38.0 Å². The van der Waals surface area contributed by atoms with Crippen LogP contribution < -0.4 is 19.5 Å². The van der Waals surface area contributed by atoms with E-state index in [2.05, 4.69) is 5.32 Å². The molecule has 4 aromatic carbocycles. The zero-order valence-corrected chi connectivity index (χ0v) is 22.4. The van der Waals surface area contributed by atoms with E-state index in [9.17, 15) is 14.0 Å². The lowest BCUT2D eigenvalue weighted by Gasteiger charge is -2.42. The summed E-state index contributed by atoms with van der Waals surface area (Å²) in [7, 11) is 4.65. The van der Waals surface area contributed by atoms with E-state index in [1.165, 1.54) is 19.2 Å². The summed E-state index contributed by atoms with van der Waals surface area (Å²) in [6, 6.07) is 25.0. The number of fused-ring (bicyclic) bond motifs is 1. The van der Waals surface area contributed by atoms with Crippen LogP contribution >= 0.6 is 0 Å². The van der Waals surface area contributed by atoms with E-state index in [4.69, 9.17) is 14.2 Å². The molecule has 0 saturated carbocycles. The quantitative estimate of drug-likeness (QED) is 0.298. The fourth-order valence-corrected chi connectivity index (χ4v) is 5.14. The molecule has 0 unspecified atom stereocenters. The standard InChI is InChI=1S/C32H29FN2O5/c1-38-24-15-10-21(11-16-24)30-29(31(36)34-23-14-17-27(39-2)28(18-23)40-3)25-6-4-5-7-26(25)32(37)35(30)19-20-8-12-22(33)13-9-20/h4-18,29-30H,19H2,1-3H3,(H,34,36)/t29-,30+/m1/s1. The number of ether oxygens (including phenoxy) is 3. The minimum absolute atomic E-state index is 0.185. The fourth-order valence-electron chi connectivity index (χ4n) is 5.14. The molecule has 5 rings (SSSR count). The first kappa shape index (κ1) is 26.7. The first-order valence-corrected chi connectivity index (χ1v) is 12.7. The molecule has 0 aromatic heterocycles. The van der Waals surface area contributed by atoms with Gasteiger partial charge in [0, 0.05) is 23.9 Å². The molecule has 1 heterocycles. The number of nitrogens with one attached hydrogen (secondary N) is 1. The van der Waals surface area contributed by atoms with E-state index in [-0.39, 0.29) is 24.2 Å². The Hall–Kier alpha value is -4.85. The highest BCUT2D eigenvalue weighted by Gasteiger charge is 2.44. The number of nitrogens with zero attached hydrogens (tertiary/aromatic N) is 1. The molecule has 0 spiro atoms. The van der Waals surface area contributed by atoms with Gasteiger partial charge >= 0.3 is 0 Å². The molecule has 204 valence electrons. The fraction of sp³-hybridized carbons (Fsp3) is 0.188. The first-order valence-electron chi connectivity index (χ1n) is 12.7. The Morgan fingerprint density at radius 3 is 2.23 bits per heavy atom.